The van der Waals surface area contributed by atoms with Gasteiger partial charge in [-0.1, -0.05) is 30.3 Å². The van der Waals surface area contributed by atoms with E-state index in [0.717, 1.165) is 5.56 Å². The van der Waals surface area contributed by atoms with E-state index in [-0.39, 0.29) is 37.1 Å². The Hall–Kier alpha value is -4.24. The zero-order chi connectivity index (χ0) is 26.4. The summed E-state index contributed by atoms with van der Waals surface area (Å²) in [7, 11) is 2.91. The van der Waals surface area contributed by atoms with Crippen molar-refractivity contribution >= 4 is 11.9 Å². The van der Waals surface area contributed by atoms with Gasteiger partial charge in [0.1, 0.15) is 23.7 Å². The summed E-state index contributed by atoms with van der Waals surface area (Å²) in [6, 6.07) is 16.3. The van der Waals surface area contributed by atoms with Gasteiger partial charge >= 0.3 is 11.9 Å². The van der Waals surface area contributed by atoms with Gasteiger partial charge in [-0.3, -0.25) is 4.79 Å². The number of hydrogen-bond donors (Lipinski definition) is 1. The summed E-state index contributed by atoms with van der Waals surface area (Å²) < 4.78 is 33.3. The minimum absolute atomic E-state index is 0.0787. The molecule has 0 aromatic heterocycles. The predicted octanol–water partition coefficient (Wildman–Crippen LogP) is 3.76. The van der Waals surface area contributed by atoms with Crippen LogP contribution in [0.4, 0.5) is 0 Å². The molecule has 0 bridgehead atoms. The molecule has 38 heavy (non-hydrogen) atoms. The Morgan fingerprint density at radius 2 is 1.61 bits per heavy atom. The molecule has 1 fully saturated rings. The van der Waals surface area contributed by atoms with Gasteiger partial charge < -0.3 is 33.5 Å². The zero-order valence-electron chi connectivity index (χ0n) is 20.8. The van der Waals surface area contributed by atoms with Crippen LogP contribution in [-0.4, -0.2) is 44.7 Å². The Balaban J connectivity index is 1.43. The van der Waals surface area contributed by atoms with Crippen LogP contribution in [-0.2, 0) is 20.9 Å². The van der Waals surface area contributed by atoms with Crippen molar-refractivity contribution < 1.29 is 43.1 Å². The molecule has 3 aromatic carbocycles. The maximum Gasteiger partial charge on any atom is 0.346 e. The van der Waals surface area contributed by atoms with Gasteiger partial charge in [0, 0.05) is 11.8 Å². The molecule has 0 saturated carbocycles. The normalized spacial score (nSPS) is 22.8. The van der Waals surface area contributed by atoms with Gasteiger partial charge in [-0.15, -0.1) is 0 Å². The Bertz CT molecular complexity index is 1380. The van der Waals surface area contributed by atoms with Gasteiger partial charge in [-0.2, -0.15) is 0 Å². The van der Waals surface area contributed by atoms with Gasteiger partial charge in [0.05, 0.1) is 32.8 Å². The van der Waals surface area contributed by atoms with E-state index in [4.69, 9.17) is 28.4 Å². The molecular formula is C29H26O9. The molecule has 2 aliphatic heterocycles. The topological polar surface area (TPSA) is 110 Å². The molecule has 0 spiro atoms. The second-order valence-electron chi connectivity index (χ2n) is 9.44. The highest BCUT2D eigenvalue weighted by Crippen LogP contribution is 2.55. The first-order valence-corrected chi connectivity index (χ1v) is 12.2. The van der Waals surface area contributed by atoms with Crippen molar-refractivity contribution in [3.05, 3.63) is 82.4 Å². The Morgan fingerprint density at radius 1 is 0.947 bits per heavy atom. The lowest BCUT2D eigenvalue weighted by Gasteiger charge is -2.37. The molecular weight excluding hydrogens is 492 g/mol. The van der Waals surface area contributed by atoms with Gasteiger partial charge in [0.25, 0.3) is 0 Å². The third kappa shape index (κ3) is 3.90. The number of aliphatic hydroxyl groups is 1. The molecule has 0 unspecified atom stereocenters. The highest BCUT2D eigenvalue weighted by Gasteiger charge is 2.52. The van der Waals surface area contributed by atoms with E-state index in [1.54, 1.807) is 24.3 Å². The molecule has 0 amide bonds. The summed E-state index contributed by atoms with van der Waals surface area (Å²) in [5.74, 6) is -1.05. The van der Waals surface area contributed by atoms with Crippen molar-refractivity contribution in [2.24, 2.45) is 11.8 Å². The summed E-state index contributed by atoms with van der Waals surface area (Å²) in [6.45, 7) is 0.271. The average Bonchev–Trinajstić information content (AvgIpc) is 3.57. The molecule has 196 valence electrons. The number of fused-ring (bicyclic) bond motifs is 3. The Labute approximate surface area is 218 Å². The molecule has 1 saturated heterocycles. The van der Waals surface area contributed by atoms with Crippen LogP contribution in [0.2, 0.25) is 0 Å². The molecule has 3 aliphatic rings. The predicted molar refractivity (Wildman–Crippen MR) is 132 cm³/mol. The SMILES string of the molecule is COc1cc([C@@H]2c3cc4c(cc3[C@@H](O)[C@H]3COC(=O)[C@H]23)OCO4)cc(OC)c1C(=O)OCc1ccccc1. The largest absolute Gasteiger partial charge is 0.496 e. The Morgan fingerprint density at radius 3 is 2.26 bits per heavy atom. The van der Waals surface area contributed by atoms with Crippen molar-refractivity contribution in [3.63, 3.8) is 0 Å². The summed E-state index contributed by atoms with van der Waals surface area (Å²) >= 11 is 0. The molecule has 1 N–H and O–H groups in total. The van der Waals surface area contributed by atoms with Crippen LogP contribution in [0.25, 0.3) is 0 Å². The van der Waals surface area contributed by atoms with E-state index in [0.29, 0.717) is 28.2 Å². The smallest absolute Gasteiger partial charge is 0.346 e. The maximum absolute atomic E-state index is 13.1. The van der Waals surface area contributed by atoms with Crippen LogP contribution in [0.1, 0.15) is 44.6 Å². The number of carbonyl (C=O) groups is 2. The van der Waals surface area contributed by atoms with Gasteiger partial charge in [-0.25, -0.2) is 4.79 Å². The first-order chi connectivity index (χ1) is 18.5. The van der Waals surface area contributed by atoms with Crippen molar-refractivity contribution in [2.75, 3.05) is 27.6 Å². The van der Waals surface area contributed by atoms with Crippen LogP contribution in [0.15, 0.2) is 54.6 Å². The van der Waals surface area contributed by atoms with E-state index in [9.17, 15) is 14.7 Å². The highest BCUT2D eigenvalue weighted by atomic mass is 16.7. The fourth-order valence-electron chi connectivity index (χ4n) is 5.64. The quantitative estimate of drug-likeness (QED) is 0.488. The van der Waals surface area contributed by atoms with E-state index in [2.05, 4.69) is 0 Å². The minimum Gasteiger partial charge on any atom is -0.496 e. The number of methoxy groups -OCH3 is 2. The first kappa shape index (κ1) is 24.1. The molecule has 2 heterocycles. The summed E-state index contributed by atoms with van der Waals surface area (Å²) in [5.41, 5.74) is 3.01. The average molecular weight is 519 g/mol. The second-order valence-corrected chi connectivity index (χ2v) is 9.44. The Kier molecular flexibility index (Phi) is 6.07. The molecule has 9 nitrogen and oxygen atoms in total. The van der Waals surface area contributed by atoms with Crippen LogP contribution < -0.4 is 18.9 Å². The highest BCUT2D eigenvalue weighted by molar-refractivity contribution is 5.96. The number of rotatable bonds is 6. The number of cyclic esters (lactones) is 1. The number of esters is 2. The number of ether oxygens (including phenoxy) is 6. The molecule has 3 aromatic rings. The molecule has 6 rings (SSSR count). The fraction of sp³-hybridized carbons (Fsp3) is 0.310. The minimum atomic E-state index is -0.914. The van der Waals surface area contributed by atoms with Crippen molar-refractivity contribution in [1.29, 1.82) is 0 Å². The van der Waals surface area contributed by atoms with Crippen molar-refractivity contribution in [1.82, 2.24) is 0 Å². The van der Waals surface area contributed by atoms with Crippen LogP contribution in [0.3, 0.4) is 0 Å². The van der Waals surface area contributed by atoms with Crippen LogP contribution in [0, 0.1) is 11.8 Å². The van der Waals surface area contributed by atoms with Gasteiger partial charge in [-0.05, 0) is 46.5 Å². The molecule has 0 radical (unpaired) electrons. The third-order valence-electron chi connectivity index (χ3n) is 7.45. The van der Waals surface area contributed by atoms with Crippen molar-refractivity contribution in [2.45, 2.75) is 18.6 Å². The maximum atomic E-state index is 13.1. The zero-order valence-corrected chi connectivity index (χ0v) is 20.8. The molecule has 4 atom stereocenters. The van der Waals surface area contributed by atoms with E-state index in [1.807, 2.05) is 30.3 Å². The van der Waals surface area contributed by atoms with E-state index in [1.165, 1.54) is 14.2 Å². The summed E-state index contributed by atoms with van der Waals surface area (Å²) in [5, 5.41) is 11.2. The summed E-state index contributed by atoms with van der Waals surface area (Å²) in [6.07, 6.45) is -0.914. The lowest BCUT2D eigenvalue weighted by molar-refractivity contribution is -0.141. The molecule has 9 heteroatoms. The number of aliphatic hydroxyl groups excluding tert-OH is 1. The second kappa shape index (κ2) is 9.57. The fourth-order valence-corrected chi connectivity index (χ4v) is 5.64. The lowest BCUT2D eigenvalue weighted by atomic mass is 9.66. The molecule has 1 aliphatic carbocycles. The van der Waals surface area contributed by atoms with Crippen LogP contribution in [0.5, 0.6) is 23.0 Å². The first-order valence-electron chi connectivity index (χ1n) is 12.2. The number of carbonyl (C=O) groups excluding carboxylic acids is 2. The third-order valence-corrected chi connectivity index (χ3v) is 7.45. The van der Waals surface area contributed by atoms with Gasteiger partial charge in [0.15, 0.2) is 11.5 Å². The monoisotopic (exact) mass is 518 g/mol. The van der Waals surface area contributed by atoms with Crippen LogP contribution >= 0.6 is 0 Å². The lowest BCUT2D eigenvalue weighted by Crippen LogP contribution is -2.34. The van der Waals surface area contributed by atoms with Gasteiger partial charge in [0.2, 0.25) is 6.79 Å². The standard InChI is InChI=1S/C29H26O9/c1-33-22-8-16(9-23(34-2)26(22)29(32)35-12-15-6-4-3-5-7-15)24-17-10-20-21(38-14-37-20)11-18(17)27(30)19-13-36-28(31)25(19)24/h3-11,19,24-25,27,30H,12-14H2,1-2H3/t19-,24+,25-,27+/m0/s1. The number of hydrogen-bond acceptors (Lipinski definition) is 9. The summed E-state index contributed by atoms with van der Waals surface area (Å²) in [4.78, 5) is 26.1. The van der Waals surface area contributed by atoms with Crippen molar-refractivity contribution in [3.8, 4) is 23.0 Å². The van der Waals surface area contributed by atoms with E-state index < -0.39 is 35.8 Å². The number of benzene rings is 3. The van der Waals surface area contributed by atoms with E-state index >= 15 is 0 Å².